The van der Waals surface area contributed by atoms with Crippen LogP contribution >= 0.6 is 0 Å². The van der Waals surface area contributed by atoms with Crippen LogP contribution in [0, 0.1) is 23.7 Å². The van der Waals surface area contributed by atoms with Crippen LogP contribution in [0.2, 0.25) is 18.1 Å². The Balaban J connectivity index is 3.62. The first-order chi connectivity index (χ1) is 11.4. The van der Waals surface area contributed by atoms with Crippen LogP contribution in [-0.4, -0.2) is 27.0 Å². The second-order valence-corrected chi connectivity index (χ2v) is 13.8. The molecule has 0 unspecified atom stereocenters. The lowest BCUT2D eigenvalue weighted by Gasteiger charge is -2.54. The van der Waals surface area contributed by atoms with Gasteiger partial charge in [-0.15, -0.1) is 12.3 Å². The molecule has 0 N–H and O–H groups in total. The van der Waals surface area contributed by atoms with E-state index in [0.717, 1.165) is 19.3 Å². The van der Waals surface area contributed by atoms with Gasteiger partial charge in [-0.25, -0.2) is 4.79 Å². The Hall–Kier alpha value is -1.05. The molecule has 25 heavy (non-hydrogen) atoms. The number of carbonyl (C=O) groups excluding carboxylic acids is 1. The van der Waals surface area contributed by atoms with Gasteiger partial charge in [-0.05, 0) is 37.4 Å². The highest BCUT2D eigenvalue weighted by atomic mass is 28.4. The number of hydrogen-bond donors (Lipinski definition) is 0. The molecule has 142 valence electrons. The van der Waals surface area contributed by atoms with E-state index < -0.39 is 19.3 Å². The zero-order valence-corrected chi connectivity index (χ0v) is 18.4. The topological polar surface area (TPSA) is 35.5 Å². The second kappa shape index (κ2) is 7.68. The lowest BCUT2D eigenvalue weighted by molar-refractivity contribution is -0.180. The van der Waals surface area contributed by atoms with Gasteiger partial charge in [0, 0.05) is 17.8 Å². The summed E-state index contributed by atoms with van der Waals surface area (Å²) in [5.74, 6) is 2.31. The van der Waals surface area contributed by atoms with Crippen LogP contribution in [0.3, 0.4) is 0 Å². The summed E-state index contributed by atoms with van der Waals surface area (Å²) in [5, 5.41) is -0.0170. The van der Waals surface area contributed by atoms with Crippen LogP contribution in [-0.2, 0) is 14.0 Å². The molecule has 0 bridgehead atoms. The molecule has 4 heteroatoms. The highest BCUT2D eigenvalue weighted by molar-refractivity contribution is 6.74. The van der Waals surface area contributed by atoms with Gasteiger partial charge >= 0.3 is 5.97 Å². The minimum Gasteiger partial charge on any atom is -0.467 e. The average Bonchev–Trinajstić information content (AvgIpc) is 2.51. The molecular formula is C21H36O3Si. The highest BCUT2D eigenvalue weighted by Crippen LogP contribution is 2.52. The fourth-order valence-corrected chi connectivity index (χ4v) is 5.24. The Morgan fingerprint density at radius 1 is 1.40 bits per heavy atom. The lowest BCUT2D eigenvalue weighted by Crippen LogP contribution is -2.64. The summed E-state index contributed by atoms with van der Waals surface area (Å²) in [5.41, 5.74) is -1.49. The second-order valence-electron chi connectivity index (χ2n) is 9.11. The Labute approximate surface area is 155 Å². The summed E-state index contributed by atoms with van der Waals surface area (Å²) in [7, 11) is -0.796. The highest BCUT2D eigenvalue weighted by Gasteiger charge is 2.61. The molecule has 0 aromatic heterocycles. The van der Waals surface area contributed by atoms with Gasteiger partial charge in [0.05, 0.1) is 7.11 Å². The van der Waals surface area contributed by atoms with Crippen molar-refractivity contribution in [2.45, 2.75) is 84.0 Å². The molecule has 0 aliphatic heterocycles. The summed E-state index contributed by atoms with van der Waals surface area (Å²) in [4.78, 5) is 13.2. The maximum atomic E-state index is 13.2. The Bertz CT molecular complexity index is 552. The van der Waals surface area contributed by atoms with Crippen molar-refractivity contribution >= 4 is 14.3 Å². The Morgan fingerprint density at radius 2 is 2.00 bits per heavy atom. The largest absolute Gasteiger partial charge is 0.467 e. The standard InChI is InChI=1S/C21H36O3Si/c1-10-14-17(2)21(18(22)23-7,20(6)15-12-11-13-16-20)24-25(8,9)19(3,4)5/h1,12,15,17H,11,13-14,16H2,2-9H3/t17-,20-,21+/m1/s1. The number of ether oxygens (including phenoxy) is 1. The summed E-state index contributed by atoms with van der Waals surface area (Å²) in [6.45, 7) is 15.1. The van der Waals surface area contributed by atoms with E-state index in [-0.39, 0.29) is 16.9 Å². The van der Waals surface area contributed by atoms with E-state index in [1.54, 1.807) is 0 Å². The molecule has 1 aliphatic carbocycles. The average molecular weight is 365 g/mol. The van der Waals surface area contributed by atoms with Crippen molar-refractivity contribution in [3.63, 3.8) is 0 Å². The molecule has 0 heterocycles. The van der Waals surface area contributed by atoms with Crippen LogP contribution in [0.15, 0.2) is 12.2 Å². The predicted octanol–water partition coefficient (Wildman–Crippen LogP) is 5.33. The van der Waals surface area contributed by atoms with E-state index in [1.807, 2.05) is 6.92 Å². The fourth-order valence-electron chi connectivity index (χ4n) is 3.61. The van der Waals surface area contributed by atoms with E-state index in [4.69, 9.17) is 15.6 Å². The zero-order chi connectivity index (χ0) is 19.5. The van der Waals surface area contributed by atoms with Gasteiger partial charge in [0.15, 0.2) is 13.9 Å². The molecule has 0 amide bonds. The van der Waals surface area contributed by atoms with Crippen LogP contribution in [0.25, 0.3) is 0 Å². The number of esters is 1. The Morgan fingerprint density at radius 3 is 2.40 bits per heavy atom. The molecule has 0 aromatic rings. The van der Waals surface area contributed by atoms with Gasteiger partial charge in [0.1, 0.15) is 0 Å². The number of methoxy groups -OCH3 is 1. The molecule has 0 saturated heterocycles. The van der Waals surface area contributed by atoms with Crippen molar-refractivity contribution in [3.05, 3.63) is 12.2 Å². The van der Waals surface area contributed by atoms with Crippen LogP contribution in [0.1, 0.15) is 60.3 Å². The van der Waals surface area contributed by atoms with Gasteiger partial charge in [0.2, 0.25) is 0 Å². The predicted molar refractivity (Wildman–Crippen MR) is 107 cm³/mol. The lowest BCUT2D eigenvalue weighted by atomic mass is 9.62. The minimum atomic E-state index is -2.25. The number of allylic oxidation sites excluding steroid dienone is 1. The molecule has 1 rings (SSSR count). The third kappa shape index (κ3) is 4.04. The van der Waals surface area contributed by atoms with E-state index in [2.05, 4.69) is 58.9 Å². The molecule has 0 saturated carbocycles. The summed E-state index contributed by atoms with van der Waals surface area (Å²) >= 11 is 0. The maximum absolute atomic E-state index is 13.2. The van der Waals surface area contributed by atoms with Crippen LogP contribution in [0.5, 0.6) is 0 Å². The van der Waals surface area contributed by atoms with Crippen molar-refractivity contribution in [1.82, 2.24) is 0 Å². The molecule has 0 fully saturated rings. The third-order valence-electron chi connectivity index (χ3n) is 6.23. The first kappa shape index (κ1) is 22.0. The summed E-state index contributed by atoms with van der Waals surface area (Å²) in [6.07, 6.45) is 13.4. The minimum absolute atomic E-state index is 0.0170. The molecule has 3 nitrogen and oxygen atoms in total. The van der Waals surface area contributed by atoms with Gasteiger partial charge in [-0.3, -0.25) is 0 Å². The van der Waals surface area contributed by atoms with E-state index in [9.17, 15) is 4.79 Å². The number of terminal acetylenes is 1. The van der Waals surface area contributed by atoms with Crippen molar-refractivity contribution < 1.29 is 14.0 Å². The van der Waals surface area contributed by atoms with E-state index in [0.29, 0.717) is 6.42 Å². The van der Waals surface area contributed by atoms with Crippen LogP contribution < -0.4 is 0 Å². The SMILES string of the molecule is C#CC[C@@H](C)[C@](O[Si](C)(C)C(C)(C)C)(C(=O)OC)[C@]1(C)C=CCCC1. The van der Waals surface area contributed by atoms with E-state index >= 15 is 0 Å². The summed E-state index contributed by atoms with van der Waals surface area (Å²) in [6, 6.07) is 0. The molecule has 0 spiro atoms. The first-order valence-corrected chi connectivity index (χ1v) is 12.2. The Kier molecular flexibility index (Phi) is 6.75. The fraction of sp³-hybridized carbons (Fsp3) is 0.762. The van der Waals surface area contributed by atoms with Crippen molar-refractivity contribution in [2.24, 2.45) is 11.3 Å². The number of hydrogen-bond acceptors (Lipinski definition) is 3. The zero-order valence-electron chi connectivity index (χ0n) is 17.4. The summed E-state index contributed by atoms with van der Waals surface area (Å²) < 4.78 is 12.2. The van der Waals surface area contributed by atoms with Gasteiger partial charge in [-0.1, -0.05) is 46.8 Å². The van der Waals surface area contributed by atoms with Gasteiger partial charge in [0.25, 0.3) is 0 Å². The maximum Gasteiger partial charge on any atom is 0.338 e. The van der Waals surface area contributed by atoms with Gasteiger partial charge in [-0.2, -0.15) is 0 Å². The van der Waals surface area contributed by atoms with Gasteiger partial charge < -0.3 is 9.16 Å². The normalized spacial score (nSPS) is 24.9. The number of rotatable bonds is 6. The third-order valence-corrected chi connectivity index (χ3v) is 10.7. The van der Waals surface area contributed by atoms with Crippen molar-refractivity contribution in [1.29, 1.82) is 0 Å². The first-order valence-electron chi connectivity index (χ1n) is 9.28. The molecule has 0 aromatic carbocycles. The van der Waals surface area contributed by atoms with Crippen molar-refractivity contribution in [3.8, 4) is 12.3 Å². The quantitative estimate of drug-likeness (QED) is 0.277. The molecule has 1 aliphatic rings. The molecular weight excluding hydrogens is 328 g/mol. The van der Waals surface area contributed by atoms with E-state index in [1.165, 1.54) is 7.11 Å². The number of carbonyl (C=O) groups is 1. The van der Waals surface area contributed by atoms with Crippen molar-refractivity contribution in [2.75, 3.05) is 7.11 Å². The molecule has 3 atom stereocenters. The molecule has 0 radical (unpaired) electrons. The smallest absolute Gasteiger partial charge is 0.338 e. The van der Waals surface area contributed by atoms with Crippen LogP contribution in [0.4, 0.5) is 0 Å². The monoisotopic (exact) mass is 364 g/mol.